The van der Waals surface area contributed by atoms with Crippen LogP contribution in [0.25, 0.3) is 0 Å². The Morgan fingerprint density at radius 1 is 1.22 bits per heavy atom. The van der Waals surface area contributed by atoms with Crippen LogP contribution in [0.2, 0.25) is 0 Å². The van der Waals surface area contributed by atoms with Gasteiger partial charge in [0.05, 0.1) is 6.10 Å². The van der Waals surface area contributed by atoms with E-state index in [9.17, 15) is 19.4 Å². The van der Waals surface area contributed by atoms with Crippen molar-refractivity contribution in [2.24, 2.45) is 5.92 Å². The molecule has 0 saturated heterocycles. The molecule has 0 fully saturated rings. The molecule has 0 radical (unpaired) electrons. The number of aromatic hydroxyl groups is 1. The van der Waals surface area contributed by atoms with Crippen LogP contribution in [0.15, 0.2) is 35.9 Å². The number of ether oxygens (including phenoxy) is 1. The number of phenolic OH excluding ortho intramolecular Hbond substituents is 1. The van der Waals surface area contributed by atoms with E-state index in [2.05, 4.69) is 19.6 Å². The molecule has 0 amide bonds. The maximum absolute atomic E-state index is 13.3. The van der Waals surface area contributed by atoms with E-state index in [-0.39, 0.29) is 29.8 Å². The molecule has 2 rings (SSSR count). The van der Waals surface area contributed by atoms with Gasteiger partial charge in [0, 0.05) is 11.5 Å². The summed E-state index contributed by atoms with van der Waals surface area (Å²) in [6.45, 7) is 15.4. The molecule has 1 aromatic carbocycles. The predicted molar refractivity (Wildman–Crippen MR) is 142 cm³/mol. The Hall–Kier alpha value is -1.92. The molecule has 0 spiro atoms. The van der Waals surface area contributed by atoms with Crippen molar-refractivity contribution in [1.29, 1.82) is 0 Å². The Morgan fingerprint density at radius 3 is 2.50 bits per heavy atom. The number of rotatable bonds is 13. The molecule has 202 valence electrons. The lowest BCUT2D eigenvalue weighted by atomic mass is 9.73. The van der Waals surface area contributed by atoms with Gasteiger partial charge in [0.1, 0.15) is 11.5 Å². The highest BCUT2D eigenvalue weighted by atomic mass is 31.2. The number of carbonyl (C=O) groups excluding carboxylic acids is 1. The average Bonchev–Trinajstić information content (AvgIpc) is 2.75. The first-order valence-corrected chi connectivity index (χ1v) is 14.5. The average molecular weight is 523 g/mol. The Labute approximate surface area is 216 Å². The second kappa shape index (κ2) is 13.6. The summed E-state index contributed by atoms with van der Waals surface area (Å²) < 4.78 is 28.6. The first-order chi connectivity index (χ1) is 16.9. The summed E-state index contributed by atoms with van der Waals surface area (Å²) in [7, 11) is -4.47. The lowest BCUT2D eigenvalue weighted by Crippen LogP contribution is -2.29. The standard InChI is InChI=1S/C28H43O7P/c1-8-10-12-25(35-36(31,32)34-19(5)6)28(30)33-26-17-21(11-9-2)16-24(29)27(26)23-15-20(7)13-14-22(23)18(3)4/h15-17,19,22-23,25,29H,3,8-14H2,1-2,4-7H3,(H,31,32)/t22-,23+,25?/m0/s1. The molecule has 1 aromatic rings. The van der Waals surface area contributed by atoms with Gasteiger partial charge in [-0.25, -0.2) is 9.36 Å². The van der Waals surface area contributed by atoms with Crippen LogP contribution in [-0.4, -0.2) is 28.2 Å². The monoisotopic (exact) mass is 522 g/mol. The summed E-state index contributed by atoms with van der Waals surface area (Å²) in [5.41, 5.74) is 3.55. The zero-order valence-electron chi connectivity index (χ0n) is 22.6. The van der Waals surface area contributed by atoms with Crippen molar-refractivity contribution >= 4 is 13.8 Å². The van der Waals surface area contributed by atoms with Crippen LogP contribution >= 0.6 is 7.82 Å². The number of carbonyl (C=O) groups is 1. The molecule has 1 aliphatic rings. The van der Waals surface area contributed by atoms with Gasteiger partial charge in [-0.1, -0.05) is 56.9 Å². The molecule has 7 nitrogen and oxygen atoms in total. The second-order valence-corrected chi connectivity index (χ2v) is 11.4. The minimum absolute atomic E-state index is 0.0629. The largest absolute Gasteiger partial charge is 0.507 e. The third kappa shape index (κ3) is 8.58. The fraction of sp³-hybridized carbons (Fsp3) is 0.607. The van der Waals surface area contributed by atoms with E-state index in [1.54, 1.807) is 26.0 Å². The molecule has 1 aliphatic carbocycles. The Bertz CT molecular complexity index is 998. The number of esters is 1. The molecule has 2 unspecified atom stereocenters. The molecule has 4 atom stereocenters. The fourth-order valence-corrected chi connectivity index (χ4v) is 5.75. The molecule has 0 bridgehead atoms. The summed E-state index contributed by atoms with van der Waals surface area (Å²) in [5, 5.41) is 11.1. The highest BCUT2D eigenvalue weighted by molar-refractivity contribution is 7.47. The molecule has 8 heteroatoms. The van der Waals surface area contributed by atoms with E-state index < -0.39 is 26.0 Å². The van der Waals surface area contributed by atoms with Crippen molar-refractivity contribution in [1.82, 2.24) is 0 Å². The molecular weight excluding hydrogens is 479 g/mol. The Balaban J connectivity index is 2.51. The summed E-state index contributed by atoms with van der Waals surface area (Å²) >= 11 is 0. The van der Waals surface area contributed by atoms with Gasteiger partial charge in [-0.3, -0.25) is 9.05 Å². The molecule has 0 saturated carbocycles. The second-order valence-electron chi connectivity index (χ2n) is 10.1. The first-order valence-electron chi connectivity index (χ1n) is 13.0. The van der Waals surface area contributed by atoms with Crippen molar-refractivity contribution in [3.05, 3.63) is 47.1 Å². The van der Waals surface area contributed by atoms with Crippen LogP contribution in [-0.2, 0) is 24.8 Å². The molecular formula is C28H43O7P. The summed E-state index contributed by atoms with van der Waals surface area (Å²) in [6, 6.07) is 3.51. The van der Waals surface area contributed by atoms with Gasteiger partial charge in [-0.05, 0) is 77.0 Å². The normalized spacial score (nSPS) is 20.5. The number of aryl methyl sites for hydroxylation is 1. The smallest absolute Gasteiger partial charge is 0.473 e. The molecule has 2 N–H and O–H groups in total. The number of benzene rings is 1. The van der Waals surface area contributed by atoms with E-state index in [1.165, 1.54) is 5.57 Å². The number of unbranched alkanes of at least 4 members (excludes halogenated alkanes) is 1. The van der Waals surface area contributed by atoms with Gasteiger partial charge >= 0.3 is 13.8 Å². The molecule has 36 heavy (non-hydrogen) atoms. The van der Waals surface area contributed by atoms with E-state index in [0.29, 0.717) is 18.4 Å². The number of hydrogen-bond donors (Lipinski definition) is 2. The highest BCUT2D eigenvalue weighted by Crippen LogP contribution is 2.48. The molecule has 0 heterocycles. The van der Waals surface area contributed by atoms with Gasteiger partial charge in [-0.15, -0.1) is 0 Å². The van der Waals surface area contributed by atoms with E-state index in [4.69, 9.17) is 13.8 Å². The summed E-state index contributed by atoms with van der Waals surface area (Å²) in [4.78, 5) is 23.5. The minimum Gasteiger partial charge on any atom is -0.507 e. The van der Waals surface area contributed by atoms with Crippen LogP contribution in [0.3, 0.4) is 0 Å². The highest BCUT2D eigenvalue weighted by Gasteiger charge is 2.35. The van der Waals surface area contributed by atoms with E-state index in [1.807, 2.05) is 20.8 Å². The number of phenols is 1. The molecule has 0 aromatic heterocycles. The maximum atomic E-state index is 13.3. The third-order valence-corrected chi connectivity index (χ3v) is 7.54. The number of phosphoric ester groups is 1. The Kier molecular flexibility index (Phi) is 11.4. The van der Waals surface area contributed by atoms with E-state index in [0.717, 1.165) is 36.8 Å². The van der Waals surface area contributed by atoms with Crippen molar-refractivity contribution in [2.75, 3.05) is 0 Å². The van der Waals surface area contributed by atoms with Crippen molar-refractivity contribution in [3.8, 4) is 11.5 Å². The third-order valence-electron chi connectivity index (χ3n) is 6.33. The van der Waals surface area contributed by atoms with Gasteiger partial charge in [0.2, 0.25) is 0 Å². The zero-order valence-corrected chi connectivity index (χ0v) is 23.5. The lowest BCUT2D eigenvalue weighted by molar-refractivity contribution is -0.143. The zero-order chi connectivity index (χ0) is 27.0. The Morgan fingerprint density at radius 2 is 1.92 bits per heavy atom. The van der Waals surface area contributed by atoms with Gasteiger partial charge in [-0.2, -0.15) is 0 Å². The topological polar surface area (TPSA) is 102 Å². The van der Waals surface area contributed by atoms with Crippen LogP contribution in [0.4, 0.5) is 0 Å². The van der Waals surface area contributed by atoms with Crippen LogP contribution < -0.4 is 4.74 Å². The molecule has 0 aliphatic heterocycles. The summed E-state index contributed by atoms with van der Waals surface area (Å²) in [6.07, 6.45) is 5.20. The van der Waals surface area contributed by atoms with E-state index >= 15 is 0 Å². The fourth-order valence-electron chi connectivity index (χ4n) is 4.66. The minimum atomic E-state index is -4.47. The van der Waals surface area contributed by atoms with Gasteiger partial charge in [0.25, 0.3) is 0 Å². The quantitative estimate of drug-likeness (QED) is 0.121. The predicted octanol–water partition coefficient (Wildman–Crippen LogP) is 7.37. The summed E-state index contributed by atoms with van der Waals surface area (Å²) in [5.74, 6) is -0.611. The SMILES string of the molecule is C=C(C)[C@@H]1CCC(C)=C[C@H]1c1c(O)cc(CCC)cc1OC(=O)C(CCCC)OP(=O)(O)OC(C)C. The first kappa shape index (κ1) is 30.3. The van der Waals surface area contributed by atoms with Crippen molar-refractivity contribution in [2.45, 2.75) is 105 Å². The lowest BCUT2D eigenvalue weighted by Gasteiger charge is -2.32. The van der Waals surface area contributed by atoms with Crippen molar-refractivity contribution < 1.29 is 33.1 Å². The number of hydrogen-bond acceptors (Lipinski definition) is 6. The van der Waals surface area contributed by atoms with Gasteiger partial charge in [0.15, 0.2) is 6.10 Å². The van der Waals surface area contributed by atoms with Crippen LogP contribution in [0.5, 0.6) is 11.5 Å². The number of allylic oxidation sites excluding steroid dienone is 3. The van der Waals surface area contributed by atoms with Crippen LogP contribution in [0.1, 0.15) is 97.1 Å². The van der Waals surface area contributed by atoms with Crippen LogP contribution in [0, 0.1) is 5.92 Å². The maximum Gasteiger partial charge on any atom is 0.473 e. The van der Waals surface area contributed by atoms with Crippen molar-refractivity contribution in [3.63, 3.8) is 0 Å². The van der Waals surface area contributed by atoms with Gasteiger partial charge < -0.3 is 14.7 Å². The number of phosphoric acid groups is 1.